The van der Waals surface area contributed by atoms with Gasteiger partial charge in [-0.3, -0.25) is 4.79 Å². The van der Waals surface area contributed by atoms with Gasteiger partial charge in [0.05, 0.1) is 5.69 Å². The summed E-state index contributed by atoms with van der Waals surface area (Å²) in [5, 5.41) is 3.02. The number of hydrogen-bond acceptors (Lipinski definition) is 1. The molecule has 0 saturated carbocycles. The van der Waals surface area contributed by atoms with Gasteiger partial charge in [0.1, 0.15) is 5.69 Å². The van der Waals surface area contributed by atoms with Gasteiger partial charge in [-0.05, 0) is 24.3 Å². The van der Waals surface area contributed by atoms with Crippen LogP contribution in [0.1, 0.15) is 10.5 Å². The quantitative estimate of drug-likeness (QED) is 0.692. The van der Waals surface area contributed by atoms with E-state index in [4.69, 9.17) is 0 Å². The van der Waals surface area contributed by atoms with Gasteiger partial charge < -0.3 is 10.3 Å². The lowest BCUT2D eigenvalue weighted by molar-refractivity contribution is 0.102. The first-order chi connectivity index (χ1) is 10.1. The molecule has 2 aromatic carbocycles. The Balaban J connectivity index is 1.91. The van der Waals surface area contributed by atoms with E-state index in [9.17, 15) is 18.0 Å². The number of H-pyrrole nitrogens is 1. The van der Waals surface area contributed by atoms with Crippen molar-refractivity contribution in [2.75, 3.05) is 5.32 Å². The summed E-state index contributed by atoms with van der Waals surface area (Å²) in [4.78, 5) is 14.9. The molecule has 1 heterocycles. The van der Waals surface area contributed by atoms with Crippen molar-refractivity contribution in [1.82, 2.24) is 4.98 Å². The average molecular weight is 290 g/mol. The molecule has 0 saturated heterocycles. The fraction of sp³-hybridized carbons (Fsp3) is 0. The van der Waals surface area contributed by atoms with Crippen LogP contribution in [0.2, 0.25) is 0 Å². The van der Waals surface area contributed by atoms with Crippen LogP contribution < -0.4 is 5.32 Å². The third kappa shape index (κ3) is 2.35. The topological polar surface area (TPSA) is 44.9 Å². The summed E-state index contributed by atoms with van der Waals surface area (Å²) in [7, 11) is 0. The van der Waals surface area contributed by atoms with Crippen LogP contribution in [0.3, 0.4) is 0 Å². The maximum Gasteiger partial charge on any atom is 0.272 e. The number of amides is 1. The smallest absolute Gasteiger partial charge is 0.272 e. The van der Waals surface area contributed by atoms with Crippen LogP contribution in [0.15, 0.2) is 42.5 Å². The Labute approximate surface area is 117 Å². The third-order valence-corrected chi connectivity index (χ3v) is 3.06. The number of halogens is 3. The summed E-state index contributed by atoms with van der Waals surface area (Å²) in [6, 6.07) is 10.5. The van der Waals surface area contributed by atoms with Crippen molar-refractivity contribution in [3.05, 3.63) is 65.6 Å². The molecule has 0 aliphatic rings. The zero-order valence-corrected chi connectivity index (χ0v) is 10.6. The summed E-state index contributed by atoms with van der Waals surface area (Å²) < 4.78 is 39.4. The number of benzene rings is 2. The van der Waals surface area contributed by atoms with Crippen LogP contribution in [0, 0.1) is 17.5 Å². The highest BCUT2D eigenvalue weighted by Gasteiger charge is 2.16. The molecule has 2 N–H and O–H groups in total. The van der Waals surface area contributed by atoms with E-state index in [1.54, 1.807) is 24.3 Å². The molecule has 0 unspecified atom stereocenters. The van der Waals surface area contributed by atoms with Gasteiger partial charge in [0.25, 0.3) is 5.91 Å². The van der Waals surface area contributed by atoms with Crippen molar-refractivity contribution in [2.24, 2.45) is 0 Å². The number of aromatic amines is 1. The van der Waals surface area contributed by atoms with Gasteiger partial charge in [-0.1, -0.05) is 18.2 Å². The van der Waals surface area contributed by atoms with Crippen LogP contribution in [0.25, 0.3) is 10.9 Å². The molecule has 3 nitrogen and oxygen atoms in total. The Bertz CT molecular complexity index is 809. The van der Waals surface area contributed by atoms with Gasteiger partial charge in [0.15, 0.2) is 17.5 Å². The fourth-order valence-corrected chi connectivity index (χ4v) is 2.01. The maximum absolute atomic E-state index is 13.5. The van der Waals surface area contributed by atoms with Crippen LogP contribution in [-0.2, 0) is 0 Å². The standard InChI is InChI=1S/C15H9F3N2O/c16-9-5-6-11(14(18)13(9)17)20-15(21)12-7-8-3-1-2-4-10(8)19-12/h1-7,19H,(H,20,21). The van der Waals surface area contributed by atoms with Gasteiger partial charge in [0, 0.05) is 10.9 Å². The Kier molecular flexibility index (Phi) is 3.13. The number of aromatic nitrogens is 1. The van der Waals surface area contributed by atoms with Crippen molar-refractivity contribution in [3.63, 3.8) is 0 Å². The van der Waals surface area contributed by atoms with E-state index in [1.807, 2.05) is 6.07 Å². The molecule has 0 atom stereocenters. The van der Waals surface area contributed by atoms with Crippen molar-refractivity contribution in [2.45, 2.75) is 0 Å². The highest BCUT2D eigenvalue weighted by molar-refractivity contribution is 6.05. The monoisotopic (exact) mass is 290 g/mol. The molecule has 0 spiro atoms. The lowest BCUT2D eigenvalue weighted by Gasteiger charge is -2.06. The molecular formula is C15H9F3N2O. The van der Waals surface area contributed by atoms with Crippen molar-refractivity contribution in [1.29, 1.82) is 0 Å². The molecule has 3 aromatic rings. The molecule has 3 rings (SSSR count). The van der Waals surface area contributed by atoms with E-state index in [-0.39, 0.29) is 5.69 Å². The van der Waals surface area contributed by atoms with Gasteiger partial charge >= 0.3 is 0 Å². The number of para-hydroxylation sites is 1. The first-order valence-electron chi connectivity index (χ1n) is 6.09. The summed E-state index contributed by atoms with van der Waals surface area (Å²) >= 11 is 0. The molecule has 0 aliphatic carbocycles. The van der Waals surface area contributed by atoms with E-state index in [2.05, 4.69) is 10.3 Å². The van der Waals surface area contributed by atoms with Gasteiger partial charge in [-0.2, -0.15) is 0 Å². The van der Waals surface area contributed by atoms with Crippen molar-refractivity contribution < 1.29 is 18.0 Å². The van der Waals surface area contributed by atoms with Crippen LogP contribution in [-0.4, -0.2) is 10.9 Å². The number of carbonyl (C=O) groups is 1. The predicted octanol–water partition coefficient (Wildman–Crippen LogP) is 3.84. The number of carbonyl (C=O) groups excluding carboxylic acids is 1. The number of fused-ring (bicyclic) bond motifs is 1. The number of hydrogen-bond donors (Lipinski definition) is 2. The summed E-state index contributed by atoms with van der Waals surface area (Å²) in [6.45, 7) is 0. The van der Waals surface area contributed by atoms with Crippen molar-refractivity contribution >= 4 is 22.5 Å². The highest BCUT2D eigenvalue weighted by Crippen LogP contribution is 2.21. The minimum absolute atomic E-state index is 0.195. The Morgan fingerprint density at radius 3 is 2.52 bits per heavy atom. The second-order valence-electron chi connectivity index (χ2n) is 4.45. The van der Waals surface area contributed by atoms with Crippen LogP contribution >= 0.6 is 0 Å². The molecule has 21 heavy (non-hydrogen) atoms. The molecule has 106 valence electrons. The normalized spacial score (nSPS) is 10.8. The average Bonchev–Trinajstić information content (AvgIpc) is 2.92. The lowest BCUT2D eigenvalue weighted by Crippen LogP contribution is -2.14. The molecule has 0 aliphatic heterocycles. The molecule has 1 amide bonds. The summed E-state index contributed by atoms with van der Waals surface area (Å²) in [5.74, 6) is -5.00. The molecule has 1 aromatic heterocycles. The number of nitrogens with one attached hydrogen (secondary N) is 2. The first kappa shape index (κ1) is 13.2. The molecule has 6 heteroatoms. The zero-order chi connectivity index (χ0) is 15.0. The van der Waals surface area contributed by atoms with E-state index in [1.165, 1.54) is 0 Å². The first-order valence-corrected chi connectivity index (χ1v) is 6.09. The number of anilines is 1. The number of rotatable bonds is 2. The molecule has 0 bridgehead atoms. The largest absolute Gasteiger partial charge is 0.351 e. The Hall–Kier alpha value is -2.76. The minimum Gasteiger partial charge on any atom is -0.351 e. The maximum atomic E-state index is 13.5. The second-order valence-corrected chi connectivity index (χ2v) is 4.45. The van der Waals surface area contributed by atoms with Crippen molar-refractivity contribution in [3.8, 4) is 0 Å². The van der Waals surface area contributed by atoms with Gasteiger partial charge in [-0.15, -0.1) is 0 Å². The Morgan fingerprint density at radius 2 is 1.76 bits per heavy atom. The Morgan fingerprint density at radius 1 is 1.00 bits per heavy atom. The zero-order valence-electron chi connectivity index (χ0n) is 10.6. The van der Waals surface area contributed by atoms with Crippen LogP contribution in [0.5, 0.6) is 0 Å². The highest BCUT2D eigenvalue weighted by atomic mass is 19.2. The van der Waals surface area contributed by atoms with E-state index in [0.29, 0.717) is 0 Å². The molecule has 0 radical (unpaired) electrons. The molecule has 0 fully saturated rings. The predicted molar refractivity (Wildman–Crippen MR) is 72.6 cm³/mol. The lowest BCUT2D eigenvalue weighted by atomic mass is 10.2. The van der Waals surface area contributed by atoms with Gasteiger partial charge in [0.2, 0.25) is 0 Å². The SMILES string of the molecule is O=C(Nc1ccc(F)c(F)c1F)c1cc2ccccc2[nH]1. The third-order valence-electron chi connectivity index (χ3n) is 3.06. The van der Waals surface area contributed by atoms with E-state index < -0.39 is 29.0 Å². The second kappa shape index (κ2) is 4.97. The van der Waals surface area contributed by atoms with Gasteiger partial charge in [-0.25, -0.2) is 13.2 Å². The molecular weight excluding hydrogens is 281 g/mol. The fourth-order valence-electron chi connectivity index (χ4n) is 2.01. The summed E-state index contributed by atoms with van der Waals surface area (Å²) in [6.07, 6.45) is 0. The van der Waals surface area contributed by atoms with Crippen LogP contribution in [0.4, 0.5) is 18.9 Å². The summed E-state index contributed by atoms with van der Waals surface area (Å²) in [5.41, 5.74) is 0.520. The minimum atomic E-state index is -1.62. The van der Waals surface area contributed by atoms with E-state index in [0.717, 1.165) is 23.0 Å². The van der Waals surface area contributed by atoms with E-state index >= 15 is 0 Å².